The first kappa shape index (κ1) is 68.1. The molecule has 3 aromatic carbocycles. The summed E-state index contributed by atoms with van der Waals surface area (Å²) in [5, 5.41) is 116. The van der Waals surface area contributed by atoms with Crippen molar-refractivity contribution in [3.8, 4) is 39.8 Å². The molecule has 0 saturated carbocycles. The monoisotopic (exact) mass is 1270 g/mol. The predicted octanol–water partition coefficient (Wildman–Crippen LogP) is -3.90. The molecule has 0 aliphatic carbocycles. The first-order chi connectivity index (χ1) is 42.0. The van der Waals surface area contributed by atoms with Gasteiger partial charge >= 0.3 is 10.4 Å². The summed E-state index contributed by atoms with van der Waals surface area (Å²) >= 11 is 0. The number of aromatic hydroxyl groups is 1. The molecule has 32 nitrogen and oxygen atoms in total. The van der Waals surface area contributed by atoms with Crippen LogP contribution in [0, 0.1) is 5.92 Å². The highest BCUT2D eigenvalue weighted by Crippen LogP contribution is 2.34. The Morgan fingerprint density at radius 1 is 0.787 bits per heavy atom. The van der Waals surface area contributed by atoms with E-state index in [1.807, 2.05) is 10.6 Å². The van der Waals surface area contributed by atoms with Crippen molar-refractivity contribution >= 4 is 57.7 Å². The maximum Gasteiger partial charge on any atom is 0.446 e. The van der Waals surface area contributed by atoms with Gasteiger partial charge < -0.3 is 102 Å². The summed E-state index contributed by atoms with van der Waals surface area (Å²) in [4.78, 5) is 115. The molecule has 3 saturated heterocycles. The largest absolute Gasteiger partial charge is 0.504 e. The van der Waals surface area contributed by atoms with E-state index in [4.69, 9.17) is 15.0 Å². The van der Waals surface area contributed by atoms with Gasteiger partial charge in [0.1, 0.15) is 66.0 Å². The number of nitrogens with two attached hydrogens (primary N) is 1. The molecule has 3 aliphatic rings. The number of rotatable bonds is 18. The lowest BCUT2D eigenvalue weighted by Gasteiger charge is -2.34. The van der Waals surface area contributed by atoms with Gasteiger partial charge in [-0.05, 0) is 67.4 Å². The second kappa shape index (κ2) is 29.3. The van der Waals surface area contributed by atoms with Gasteiger partial charge in [-0.15, -0.1) is 0 Å². The van der Waals surface area contributed by atoms with Gasteiger partial charge in [-0.25, -0.2) is 0 Å². The molecule has 89 heavy (non-hydrogen) atoms. The third kappa shape index (κ3) is 16.9. The van der Waals surface area contributed by atoms with Crippen LogP contribution >= 0.6 is 0 Å². The molecule has 1 aromatic heterocycles. The van der Waals surface area contributed by atoms with Gasteiger partial charge in [-0.3, -0.25) is 42.9 Å². The van der Waals surface area contributed by atoms with E-state index in [0.29, 0.717) is 56.9 Å². The molecule has 7 rings (SSSR count). The average Bonchev–Trinajstić information content (AvgIpc) is 2.76. The maximum absolute atomic E-state index is 14.7. The fourth-order valence-corrected chi connectivity index (χ4v) is 10.7. The maximum atomic E-state index is 14.7. The number of phenols is 1. The summed E-state index contributed by atoms with van der Waals surface area (Å²) in [6.07, 6.45) is -17.3. The molecule has 0 radical (unpaired) electrons. The van der Waals surface area contributed by atoms with E-state index in [2.05, 4.69) is 32.2 Å². The number of hydrogen-bond donors (Lipinski definition) is 16. The van der Waals surface area contributed by atoms with Gasteiger partial charge in [0.25, 0.3) is 5.91 Å². The number of nitrogens with zero attached hydrogens (tertiary/aromatic N) is 3. The van der Waals surface area contributed by atoms with Crippen LogP contribution in [0.15, 0.2) is 77.3 Å². The Kier molecular flexibility index (Phi) is 22.4. The van der Waals surface area contributed by atoms with E-state index >= 15 is 0 Å². The van der Waals surface area contributed by atoms with Crippen LogP contribution in [0.4, 0.5) is 0 Å². The van der Waals surface area contributed by atoms with E-state index in [1.165, 1.54) is 31.2 Å². The summed E-state index contributed by atoms with van der Waals surface area (Å²) in [5.41, 5.74) is 6.17. The molecule has 4 heterocycles. The lowest BCUT2D eigenvalue weighted by atomic mass is 9.96. The number of nitrogens with one attached hydrogen (secondary N) is 5. The number of amides is 8. The van der Waals surface area contributed by atoms with Crippen molar-refractivity contribution in [1.82, 2.24) is 41.5 Å². The van der Waals surface area contributed by atoms with Gasteiger partial charge in [0.2, 0.25) is 41.4 Å². The number of hydrogen-bond acceptors (Lipinski definition) is 23. The predicted molar refractivity (Wildman–Crippen MR) is 304 cm³/mol. The van der Waals surface area contributed by atoms with Crippen molar-refractivity contribution in [2.45, 2.75) is 145 Å². The lowest BCUT2D eigenvalue weighted by Crippen LogP contribution is -2.64. The van der Waals surface area contributed by atoms with Gasteiger partial charge in [0.15, 0.2) is 23.5 Å². The van der Waals surface area contributed by atoms with Gasteiger partial charge in [-0.2, -0.15) is 8.42 Å². The molecule has 3 aliphatic heterocycles. The lowest BCUT2D eigenvalue weighted by molar-refractivity contribution is -0.149. The molecule has 0 spiro atoms. The molecular formula is C56H71N9O23S. The molecule has 3 fully saturated rings. The number of unbranched alkanes of at least 4 members (excludes halogenated alkanes) is 2. The number of benzene rings is 3. The summed E-state index contributed by atoms with van der Waals surface area (Å²) < 4.78 is 48.1. The van der Waals surface area contributed by atoms with Crippen LogP contribution in [0.2, 0.25) is 0 Å². The second-order valence-electron chi connectivity index (χ2n) is 21.9. The van der Waals surface area contributed by atoms with Crippen LogP contribution in [-0.2, 0) is 44.0 Å². The molecule has 33 heteroatoms. The Balaban J connectivity index is 1.22. The minimum atomic E-state index is -5.35. The number of carbonyl (C=O) groups is 8. The third-order valence-electron chi connectivity index (χ3n) is 15.2. The fraction of sp³-hybridized carbons (Fsp3) is 0.482. The minimum Gasteiger partial charge on any atom is -0.504 e. The molecule has 4 aromatic rings. The summed E-state index contributed by atoms with van der Waals surface area (Å²) in [7, 11) is -5.35. The van der Waals surface area contributed by atoms with E-state index in [0.717, 1.165) is 32.3 Å². The molecule has 1 unspecified atom stereocenters. The third-order valence-corrected chi connectivity index (χ3v) is 15.6. The Morgan fingerprint density at radius 3 is 2.07 bits per heavy atom. The van der Waals surface area contributed by atoms with Crippen molar-refractivity contribution in [3.05, 3.63) is 83.9 Å². The normalized spacial score (nSPS) is 26.4. The van der Waals surface area contributed by atoms with Crippen LogP contribution in [0.5, 0.6) is 17.2 Å². The zero-order chi connectivity index (χ0) is 65.3. The number of ether oxygens (including phenoxy) is 1. The van der Waals surface area contributed by atoms with Crippen LogP contribution in [0.3, 0.4) is 0 Å². The molecule has 0 bridgehead atoms. The van der Waals surface area contributed by atoms with Crippen LogP contribution in [-0.4, -0.2) is 220 Å². The fourth-order valence-electron chi connectivity index (χ4n) is 10.3. The summed E-state index contributed by atoms with van der Waals surface area (Å²) in [6.45, 7) is 3.74. The number of aliphatic hydroxyl groups excluding tert-OH is 8. The summed E-state index contributed by atoms with van der Waals surface area (Å²) in [6, 6.07) is 3.52. The van der Waals surface area contributed by atoms with Crippen molar-refractivity contribution in [3.63, 3.8) is 0 Å². The number of primary amides is 1. The molecular weight excluding hydrogens is 1200 g/mol. The quantitative estimate of drug-likeness (QED) is 0.0334. The first-order valence-corrected chi connectivity index (χ1v) is 29.5. The van der Waals surface area contributed by atoms with E-state index in [-0.39, 0.29) is 5.56 Å². The average molecular weight is 1270 g/mol. The second-order valence-corrected chi connectivity index (χ2v) is 22.9. The van der Waals surface area contributed by atoms with Gasteiger partial charge in [0, 0.05) is 54.6 Å². The Hall–Kier alpha value is -8.38. The number of aromatic nitrogens is 1. The van der Waals surface area contributed by atoms with E-state index < -0.39 is 198 Å². The standard InChI is InChI=1S/C56H71N9O23S/c1-4-5-6-17-86-32-14-11-28(12-15-32)39-21-33(63-87-39)27-7-9-29(10-8-27)49(75)58-34-20-38(70)52(78)62-54(80)45-46(72)25(2)23-65(45)56(82)43(37(69)22-41(57)71)60-53(79)44(48(74)47(73)30-13-16-36(68)40(18-30)88-89(83,84)85)61-51(77)35-19-31(67)24-64(35)55(81)42(26(3)66)59-50(34)76/h7-16,18,21,25-26,31,34-35,37-38,42-48,52,66-70,72-74,78H,4-6,17,19-20,22-24H2,1-3H3,(H2,57,71)(H,58,75)(H,59,76)(H,60,79)(H,61,77)(H,62,80)(H,83,84,85)/t25-,26+,31+,34?,35-,37+,38+,42-,43-,44-,45-,46-,47-,48-,52+/m0/s1. The zero-order valence-electron chi connectivity index (χ0n) is 48.1. The molecule has 8 amide bonds. The zero-order valence-corrected chi connectivity index (χ0v) is 48.9. The van der Waals surface area contributed by atoms with Crippen LogP contribution in [0.1, 0.15) is 81.3 Å². The number of phenolic OH excluding ortho intramolecular Hbond substituents is 1. The smallest absolute Gasteiger partial charge is 0.446 e. The van der Waals surface area contributed by atoms with E-state index in [1.54, 1.807) is 30.3 Å². The van der Waals surface area contributed by atoms with Gasteiger partial charge in [-0.1, -0.05) is 50.0 Å². The van der Waals surface area contributed by atoms with Gasteiger partial charge in [0.05, 0.1) is 37.4 Å². The van der Waals surface area contributed by atoms with Crippen LogP contribution in [0.25, 0.3) is 22.6 Å². The number of aliphatic hydroxyl groups is 8. The minimum absolute atomic E-state index is 0.107. The molecule has 17 N–H and O–H groups in total. The Labute approximate surface area is 507 Å². The topological polar surface area (TPSA) is 510 Å². The Morgan fingerprint density at radius 2 is 1.43 bits per heavy atom. The molecule has 15 atom stereocenters. The number of carbonyl (C=O) groups excluding carboxylic acids is 8. The Bertz CT molecular complexity index is 3340. The summed E-state index contributed by atoms with van der Waals surface area (Å²) in [5.74, 6) is -12.9. The highest BCUT2D eigenvalue weighted by molar-refractivity contribution is 7.81. The highest BCUT2D eigenvalue weighted by atomic mass is 32.3. The first-order valence-electron chi connectivity index (χ1n) is 28.1. The highest BCUT2D eigenvalue weighted by Gasteiger charge is 2.51. The van der Waals surface area contributed by atoms with Crippen molar-refractivity contribution in [2.24, 2.45) is 11.7 Å². The van der Waals surface area contributed by atoms with Crippen molar-refractivity contribution in [1.29, 1.82) is 0 Å². The van der Waals surface area contributed by atoms with Crippen LogP contribution < -0.4 is 41.2 Å². The SMILES string of the molecule is CCCCCOc1ccc(-c2cc(-c3ccc(C(=O)NC4C[C@@H](O)[C@@H](O)NC(=O)[C@@H]5[C@@H](O)[C@@H](C)CN5C(=O)[C@H]([C@H](O)CC(N)=O)NC(=O)[C@H]([C@H](O)[C@@H](O)c5ccc(O)c(OS(=O)(=O)O)c5)NC(=O)[C@@H]5C[C@@H](O)CN5C(=O)[C@H]([C@@H](C)O)NC4=O)cc3)no2)cc1. The van der Waals surface area contributed by atoms with Crippen molar-refractivity contribution in [2.75, 3.05) is 19.7 Å². The van der Waals surface area contributed by atoms with E-state index in [9.17, 15) is 97.3 Å². The molecule has 484 valence electrons. The van der Waals surface area contributed by atoms with Crippen molar-refractivity contribution < 1.29 is 111 Å². The number of fused-ring (bicyclic) bond motifs is 2.